The van der Waals surface area contributed by atoms with Gasteiger partial charge >= 0.3 is 0 Å². The molecular formula is C9H19O3. The molecule has 3 heteroatoms. The van der Waals surface area contributed by atoms with Crippen molar-refractivity contribution >= 4 is 0 Å². The largest absolute Gasteiger partial charge is 0.382 e. The molecule has 1 rings (SSSR count). The van der Waals surface area contributed by atoms with Gasteiger partial charge in [-0.2, -0.15) is 0 Å². The van der Waals surface area contributed by atoms with Crippen molar-refractivity contribution in [2.24, 2.45) is 0 Å². The van der Waals surface area contributed by atoms with Crippen LogP contribution in [-0.4, -0.2) is 33.5 Å². The van der Waals surface area contributed by atoms with Crippen LogP contribution < -0.4 is 0 Å². The molecule has 1 aliphatic heterocycles. The third kappa shape index (κ3) is 9.88. The summed E-state index contributed by atoms with van der Waals surface area (Å²) in [5, 5.41) is 0. The zero-order valence-electron chi connectivity index (χ0n) is 7.88. The maximum atomic E-state index is 5.07. The van der Waals surface area contributed by atoms with E-state index in [-0.39, 0.29) is 0 Å². The van der Waals surface area contributed by atoms with Crippen LogP contribution in [0, 0.1) is 7.11 Å². The van der Waals surface area contributed by atoms with Crippen LogP contribution in [0.15, 0.2) is 0 Å². The summed E-state index contributed by atoms with van der Waals surface area (Å²) in [5.74, 6) is 0. The standard InChI is InChI=1S/C5H10O.C4H9O2/c1-2-4-6-5-3-1;1-5-3-4-6-2/h1-5H2;1,3-4H2,2H3. The predicted molar refractivity (Wildman–Crippen MR) is 47.9 cm³/mol. The third-order valence-corrected chi connectivity index (χ3v) is 1.51. The fourth-order valence-corrected chi connectivity index (χ4v) is 0.829. The Morgan fingerprint density at radius 1 is 1.17 bits per heavy atom. The van der Waals surface area contributed by atoms with E-state index in [9.17, 15) is 0 Å². The van der Waals surface area contributed by atoms with Gasteiger partial charge in [-0.25, -0.2) is 0 Å². The lowest BCUT2D eigenvalue weighted by molar-refractivity contribution is 0.0968. The van der Waals surface area contributed by atoms with E-state index in [1.807, 2.05) is 0 Å². The normalized spacial score (nSPS) is 16.5. The first-order chi connectivity index (χ1) is 5.91. The van der Waals surface area contributed by atoms with E-state index in [1.165, 1.54) is 19.3 Å². The van der Waals surface area contributed by atoms with Crippen LogP contribution >= 0.6 is 0 Å². The molecule has 0 saturated carbocycles. The van der Waals surface area contributed by atoms with Gasteiger partial charge in [-0.3, -0.25) is 0 Å². The van der Waals surface area contributed by atoms with Crippen molar-refractivity contribution in [3.05, 3.63) is 7.11 Å². The van der Waals surface area contributed by atoms with E-state index in [2.05, 4.69) is 16.6 Å². The molecular weight excluding hydrogens is 156 g/mol. The van der Waals surface area contributed by atoms with Crippen molar-refractivity contribution in [1.82, 2.24) is 0 Å². The lowest BCUT2D eigenvalue weighted by Gasteiger charge is -2.08. The fourth-order valence-electron chi connectivity index (χ4n) is 0.829. The Bertz CT molecular complexity index is 56.7. The molecule has 1 fully saturated rings. The molecule has 0 unspecified atom stereocenters. The molecule has 0 amide bonds. The first-order valence-corrected chi connectivity index (χ1v) is 4.35. The monoisotopic (exact) mass is 175 g/mol. The molecule has 1 saturated heterocycles. The molecule has 0 N–H and O–H groups in total. The molecule has 3 nitrogen and oxygen atoms in total. The number of ether oxygens (including phenoxy) is 3. The van der Waals surface area contributed by atoms with Crippen LogP contribution in [0.25, 0.3) is 0 Å². The van der Waals surface area contributed by atoms with Crippen molar-refractivity contribution in [2.75, 3.05) is 33.5 Å². The van der Waals surface area contributed by atoms with Crippen molar-refractivity contribution in [1.29, 1.82) is 0 Å². The number of rotatable bonds is 3. The van der Waals surface area contributed by atoms with Gasteiger partial charge in [0.1, 0.15) is 0 Å². The van der Waals surface area contributed by atoms with Crippen molar-refractivity contribution in [3.63, 3.8) is 0 Å². The Kier molecular flexibility index (Phi) is 10.8. The number of hydrogen-bond donors (Lipinski definition) is 0. The smallest absolute Gasteiger partial charge is 0.0701 e. The second-order valence-corrected chi connectivity index (χ2v) is 2.57. The molecule has 0 atom stereocenters. The summed E-state index contributed by atoms with van der Waals surface area (Å²) in [6, 6.07) is 0. The topological polar surface area (TPSA) is 27.7 Å². The summed E-state index contributed by atoms with van der Waals surface area (Å²) in [5.41, 5.74) is 0. The van der Waals surface area contributed by atoms with E-state index in [1.54, 1.807) is 7.11 Å². The average molecular weight is 175 g/mol. The van der Waals surface area contributed by atoms with Gasteiger partial charge < -0.3 is 14.2 Å². The first-order valence-electron chi connectivity index (χ1n) is 4.35. The van der Waals surface area contributed by atoms with Crippen LogP contribution in [0.5, 0.6) is 0 Å². The van der Waals surface area contributed by atoms with Gasteiger partial charge in [-0.15, -0.1) is 0 Å². The van der Waals surface area contributed by atoms with Crippen LogP contribution in [0.4, 0.5) is 0 Å². The van der Waals surface area contributed by atoms with Crippen molar-refractivity contribution < 1.29 is 14.2 Å². The lowest BCUT2D eigenvalue weighted by atomic mass is 10.2. The van der Waals surface area contributed by atoms with Crippen LogP contribution in [-0.2, 0) is 14.2 Å². The van der Waals surface area contributed by atoms with Gasteiger partial charge in [0.05, 0.1) is 20.3 Å². The highest BCUT2D eigenvalue weighted by Crippen LogP contribution is 2.02. The zero-order valence-corrected chi connectivity index (χ0v) is 7.88. The molecule has 0 aliphatic carbocycles. The van der Waals surface area contributed by atoms with Gasteiger partial charge in [-0.05, 0) is 19.3 Å². The predicted octanol–water partition coefficient (Wildman–Crippen LogP) is 1.63. The summed E-state index contributed by atoms with van der Waals surface area (Å²) < 4.78 is 14.1. The Balaban J connectivity index is 0.000000202. The summed E-state index contributed by atoms with van der Waals surface area (Å²) >= 11 is 0. The van der Waals surface area contributed by atoms with Gasteiger partial charge in [0.15, 0.2) is 0 Å². The Hall–Kier alpha value is -0.120. The van der Waals surface area contributed by atoms with Crippen LogP contribution in [0.1, 0.15) is 19.3 Å². The fraction of sp³-hybridized carbons (Fsp3) is 0.889. The highest BCUT2D eigenvalue weighted by atomic mass is 16.5. The molecule has 0 aromatic heterocycles. The minimum Gasteiger partial charge on any atom is -0.382 e. The molecule has 0 bridgehead atoms. The van der Waals surface area contributed by atoms with Gasteiger partial charge in [0, 0.05) is 20.3 Å². The maximum absolute atomic E-state index is 5.07. The Labute approximate surface area is 75.0 Å². The molecule has 1 radical (unpaired) electrons. The zero-order chi connectivity index (χ0) is 9.07. The SMILES string of the molecule is C1CCOCC1.[CH2]OCCOC. The Morgan fingerprint density at radius 3 is 2.00 bits per heavy atom. The summed E-state index contributed by atoms with van der Waals surface area (Å²) in [6.07, 6.45) is 3.93. The highest BCUT2D eigenvalue weighted by molar-refractivity contribution is 4.45. The maximum Gasteiger partial charge on any atom is 0.0701 e. The molecule has 12 heavy (non-hydrogen) atoms. The third-order valence-electron chi connectivity index (χ3n) is 1.51. The number of methoxy groups -OCH3 is 1. The van der Waals surface area contributed by atoms with E-state index >= 15 is 0 Å². The minimum atomic E-state index is 0.580. The summed E-state index contributed by atoms with van der Waals surface area (Å²) in [4.78, 5) is 0. The molecule has 1 heterocycles. The number of hydrogen-bond acceptors (Lipinski definition) is 3. The van der Waals surface area contributed by atoms with E-state index < -0.39 is 0 Å². The molecule has 0 spiro atoms. The molecule has 0 aromatic rings. The van der Waals surface area contributed by atoms with Crippen LogP contribution in [0.3, 0.4) is 0 Å². The van der Waals surface area contributed by atoms with Gasteiger partial charge in [-0.1, -0.05) is 0 Å². The second kappa shape index (κ2) is 10.9. The van der Waals surface area contributed by atoms with Gasteiger partial charge in [0.2, 0.25) is 0 Å². The van der Waals surface area contributed by atoms with E-state index in [4.69, 9.17) is 4.74 Å². The Morgan fingerprint density at radius 2 is 1.83 bits per heavy atom. The quantitative estimate of drug-likeness (QED) is 0.610. The van der Waals surface area contributed by atoms with Crippen molar-refractivity contribution in [3.8, 4) is 0 Å². The van der Waals surface area contributed by atoms with Gasteiger partial charge in [0.25, 0.3) is 0 Å². The summed E-state index contributed by atoms with van der Waals surface area (Å²) in [6.45, 7) is 3.21. The molecule has 1 aliphatic rings. The molecule has 73 valence electrons. The second-order valence-electron chi connectivity index (χ2n) is 2.57. The minimum absolute atomic E-state index is 0.580. The van der Waals surface area contributed by atoms with Crippen LogP contribution in [0.2, 0.25) is 0 Å². The summed E-state index contributed by atoms with van der Waals surface area (Å²) in [7, 11) is 4.77. The first kappa shape index (κ1) is 11.9. The van der Waals surface area contributed by atoms with E-state index in [0.717, 1.165) is 13.2 Å². The highest BCUT2D eigenvalue weighted by Gasteiger charge is 1.94. The lowest BCUT2D eigenvalue weighted by Crippen LogP contribution is -2.03. The van der Waals surface area contributed by atoms with Crippen molar-refractivity contribution in [2.45, 2.75) is 19.3 Å². The molecule has 0 aromatic carbocycles. The van der Waals surface area contributed by atoms with E-state index in [0.29, 0.717) is 13.2 Å². The average Bonchev–Trinajstić information content (AvgIpc) is 2.18.